The van der Waals surface area contributed by atoms with E-state index in [4.69, 9.17) is 0 Å². The summed E-state index contributed by atoms with van der Waals surface area (Å²) in [4.78, 5) is 14.0. The first-order valence-corrected chi connectivity index (χ1v) is 13.6. The van der Waals surface area contributed by atoms with E-state index in [-0.39, 0.29) is 24.3 Å². The molecule has 35 heavy (non-hydrogen) atoms. The van der Waals surface area contributed by atoms with Gasteiger partial charge in [0.2, 0.25) is 15.9 Å². The Labute approximate surface area is 203 Å². The van der Waals surface area contributed by atoms with Crippen molar-refractivity contribution < 1.29 is 26.4 Å². The van der Waals surface area contributed by atoms with Gasteiger partial charge in [0.15, 0.2) is 0 Å². The molecule has 0 spiro atoms. The first-order valence-electron chi connectivity index (χ1n) is 12.1. The number of nitrogens with one attached hydrogen (secondary N) is 2. The second kappa shape index (κ2) is 8.46. The molecule has 1 amide bonds. The molecule has 1 saturated heterocycles. The maximum atomic E-state index is 13.2. The van der Waals surface area contributed by atoms with Crippen LogP contribution in [0.2, 0.25) is 0 Å². The average Bonchev–Trinajstić information content (AvgIpc) is 3.24. The van der Waals surface area contributed by atoms with E-state index in [1.807, 2.05) is 0 Å². The maximum absolute atomic E-state index is 13.2. The first kappa shape index (κ1) is 24.5. The SMILES string of the molecule is N#C[C@@H]1CCCN1C(=O)CNC12CC3CC(C1)CC(NS(=O)(=O)c1cccc(C(F)(F)F)c1)(C3)C2. The van der Waals surface area contributed by atoms with Crippen molar-refractivity contribution in [2.24, 2.45) is 11.8 Å². The van der Waals surface area contributed by atoms with Crippen LogP contribution in [0, 0.1) is 23.2 Å². The molecule has 1 aliphatic heterocycles. The highest BCUT2D eigenvalue weighted by Crippen LogP contribution is 2.57. The van der Waals surface area contributed by atoms with Crippen LogP contribution in [0.1, 0.15) is 56.9 Å². The number of nitriles is 1. The molecule has 0 radical (unpaired) electrons. The van der Waals surface area contributed by atoms with Gasteiger partial charge in [-0.2, -0.15) is 18.4 Å². The molecule has 1 aromatic rings. The molecular weight excluding hydrogens is 481 g/mol. The van der Waals surface area contributed by atoms with E-state index >= 15 is 0 Å². The van der Waals surface area contributed by atoms with Gasteiger partial charge in [-0.05, 0) is 81.4 Å². The topological polar surface area (TPSA) is 102 Å². The predicted octanol–water partition coefficient (Wildman–Crippen LogP) is 3.18. The van der Waals surface area contributed by atoms with Crippen molar-refractivity contribution in [3.63, 3.8) is 0 Å². The minimum Gasteiger partial charge on any atom is -0.326 e. The van der Waals surface area contributed by atoms with Gasteiger partial charge in [-0.15, -0.1) is 0 Å². The zero-order valence-corrected chi connectivity index (χ0v) is 20.1. The van der Waals surface area contributed by atoms with Gasteiger partial charge < -0.3 is 10.2 Å². The van der Waals surface area contributed by atoms with Crippen molar-refractivity contribution in [1.82, 2.24) is 14.9 Å². The third-order valence-corrected chi connectivity index (χ3v) is 9.80. The molecule has 4 saturated carbocycles. The van der Waals surface area contributed by atoms with E-state index in [0.717, 1.165) is 37.8 Å². The summed E-state index contributed by atoms with van der Waals surface area (Å²) in [5, 5.41) is 12.7. The summed E-state index contributed by atoms with van der Waals surface area (Å²) >= 11 is 0. The average molecular weight is 511 g/mol. The summed E-state index contributed by atoms with van der Waals surface area (Å²) in [6.07, 6.45) is 1.29. The number of hydrogen-bond donors (Lipinski definition) is 2. The summed E-state index contributed by atoms with van der Waals surface area (Å²) in [6, 6.07) is 5.61. The van der Waals surface area contributed by atoms with Crippen molar-refractivity contribution in [2.75, 3.05) is 13.1 Å². The molecule has 2 unspecified atom stereocenters. The Morgan fingerprint density at radius 2 is 1.86 bits per heavy atom. The Morgan fingerprint density at radius 3 is 2.51 bits per heavy atom. The summed E-state index contributed by atoms with van der Waals surface area (Å²) in [5.41, 5.74) is -2.16. The number of carbonyl (C=O) groups excluding carboxylic acids is 1. The number of hydrogen-bond acceptors (Lipinski definition) is 5. The Bertz CT molecular complexity index is 1150. The monoisotopic (exact) mass is 510 g/mol. The van der Waals surface area contributed by atoms with Gasteiger partial charge in [0.25, 0.3) is 0 Å². The third kappa shape index (κ3) is 4.68. The summed E-state index contributed by atoms with van der Waals surface area (Å²) < 4.78 is 68.7. The number of likely N-dealkylation sites (tertiary alicyclic amines) is 1. The molecular formula is C24H29F3N4O3S. The molecule has 11 heteroatoms. The van der Waals surface area contributed by atoms with Crippen LogP contribution in [0.3, 0.4) is 0 Å². The highest BCUT2D eigenvalue weighted by molar-refractivity contribution is 7.89. The second-order valence-corrected chi connectivity index (χ2v) is 12.6. The molecule has 4 aliphatic carbocycles. The summed E-state index contributed by atoms with van der Waals surface area (Å²) in [6.45, 7) is 0.659. The number of nitrogens with zero attached hydrogens (tertiary/aromatic N) is 2. The zero-order valence-electron chi connectivity index (χ0n) is 19.3. The lowest BCUT2D eigenvalue weighted by molar-refractivity contribution is -0.137. The van der Waals surface area contributed by atoms with E-state index < -0.39 is 43.8 Å². The van der Waals surface area contributed by atoms with Gasteiger partial charge in [-0.1, -0.05) is 6.07 Å². The highest BCUT2D eigenvalue weighted by atomic mass is 32.2. The molecule has 1 aromatic carbocycles. The standard InChI is InChI=1S/C24H29F3N4O3S/c25-24(26,27)18-3-1-5-20(8-18)35(33,34)30-23-11-16-7-17(12-23)10-22(9-16,15-23)29-14-21(32)31-6-2-4-19(31)13-28/h1,3,5,8,16-17,19,29-30H,2,4,6-7,9-12,14-15H2/t16?,17?,19-,22?,23?/m0/s1. The van der Waals surface area contributed by atoms with E-state index in [2.05, 4.69) is 16.1 Å². The molecule has 6 rings (SSSR count). The molecule has 1 heterocycles. The summed E-state index contributed by atoms with van der Waals surface area (Å²) in [7, 11) is -4.18. The number of rotatable bonds is 6. The van der Waals surface area contributed by atoms with Crippen molar-refractivity contribution >= 4 is 15.9 Å². The van der Waals surface area contributed by atoms with Crippen LogP contribution < -0.4 is 10.0 Å². The van der Waals surface area contributed by atoms with Crippen LogP contribution >= 0.6 is 0 Å². The van der Waals surface area contributed by atoms with E-state index in [1.165, 1.54) is 6.07 Å². The Morgan fingerprint density at radius 1 is 1.17 bits per heavy atom. The van der Waals surface area contributed by atoms with Gasteiger partial charge in [0.1, 0.15) is 6.04 Å². The zero-order chi connectivity index (χ0) is 25.1. The fourth-order valence-electron chi connectivity index (χ4n) is 7.34. The molecule has 0 aromatic heterocycles. The Balaban J connectivity index is 1.34. The van der Waals surface area contributed by atoms with Crippen LogP contribution in [0.4, 0.5) is 13.2 Å². The number of sulfonamides is 1. The summed E-state index contributed by atoms with van der Waals surface area (Å²) in [5.74, 6) is 0.437. The molecule has 190 valence electrons. The van der Waals surface area contributed by atoms with Crippen LogP contribution in [0.15, 0.2) is 29.2 Å². The Hall–Kier alpha value is -2.16. The Kier molecular flexibility index (Phi) is 5.93. The van der Waals surface area contributed by atoms with Crippen LogP contribution in [0.5, 0.6) is 0 Å². The van der Waals surface area contributed by atoms with Crippen LogP contribution in [-0.2, 0) is 21.0 Å². The fraction of sp³-hybridized carbons (Fsp3) is 0.667. The third-order valence-electron chi connectivity index (χ3n) is 8.22. The molecule has 2 N–H and O–H groups in total. The van der Waals surface area contributed by atoms with Gasteiger partial charge in [-0.25, -0.2) is 13.1 Å². The lowest BCUT2D eigenvalue weighted by Crippen LogP contribution is -2.69. The van der Waals surface area contributed by atoms with E-state index in [1.54, 1.807) is 4.90 Å². The van der Waals surface area contributed by atoms with Gasteiger partial charge in [0, 0.05) is 17.6 Å². The van der Waals surface area contributed by atoms with Gasteiger partial charge >= 0.3 is 6.18 Å². The van der Waals surface area contributed by atoms with Crippen LogP contribution in [-0.4, -0.2) is 49.4 Å². The lowest BCUT2D eigenvalue weighted by Gasteiger charge is -2.62. The highest BCUT2D eigenvalue weighted by Gasteiger charge is 2.59. The molecule has 5 aliphatic rings. The van der Waals surface area contributed by atoms with Crippen molar-refractivity contribution in [3.05, 3.63) is 29.8 Å². The van der Waals surface area contributed by atoms with E-state index in [9.17, 15) is 31.6 Å². The van der Waals surface area contributed by atoms with Crippen molar-refractivity contribution in [1.29, 1.82) is 5.26 Å². The van der Waals surface area contributed by atoms with Gasteiger partial charge in [-0.3, -0.25) is 4.79 Å². The second-order valence-electron chi connectivity index (χ2n) is 10.9. The number of alkyl halides is 3. The molecule has 3 atom stereocenters. The van der Waals surface area contributed by atoms with Gasteiger partial charge in [0.05, 0.1) is 23.1 Å². The predicted molar refractivity (Wildman–Crippen MR) is 120 cm³/mol. The number of carbonyl (C=O) groups is 1. The minimum atomic E-state index is -4.63. The minimum absolute atomic E-state index is 0.0913. The van der Waals surface area contributed by atoms with Crippen molar-refractivity contribution in [2.45, 2.75) is 79.6 Å². The smallest absolute Gasteiger partial charge is 0.326 e. The number of amides is 1. The van der Waals surface area contributed by atoms with Crippen LogP contribution in [0.25, 0.3) is 0 Å². The lowest BCUT2D eigenvalue weighted by atomic mass is 9.50. The first-order chi connectivity index (χ1) is 16.4. The largest absolute Gasteiger partial charge is 0.416 e. The molecule has 4 bridgehead atoms. The fourth-order valence-corrected chi connectivity index (χ4v) is 8.80. The van der Waals surface area contributed by atoms with Crippen molar-refractivity contribution in [3.8, 4) is 6.07 Å². The maximum Gasteiger partial charge on any atom is 0.416 e. The number of halogens is 3. The molecule has 7 nitrogen and oxygen atoms in total. The van der Waals surface area contributed by atoms with E-state index in [0.29, 0.717) is 38.3 Å². The quantitative estimate of drug-likeness (QED) is 0.612. The molecule has 5 fully saturated rings. The number of benzene rings is 1. The normalized spacial score (nSPS) is 34.2.